The van der Waals surface area contributed by atoms with Gasteiger partial charge in [0.25, 0.3) is 0 Å². The van der Waals surface area contributed by atoms with E-state index >= 15 is 0 Å². The Balaban J connectivity index is 1.71. The molecule has 0 fully saturated rings. The molecule has 0 radical (unpaired) electrons. The molecule has 0 aromatic heterocycles. The van der Waals surface area contributed by atoms with Gasteiger partial charge < -0.3 is 20.1 Å². The predicted octanol–water partition coefficient (Wildman–Crippen LogP) is 6.04. The van der Waals surface area contributed by atoms with E-state index in [0.717, 1.165) is 11.1 Å². The number of carbonyl (C=O) groups is 1. The first-order valence-corrected chi connectivity index (χ1v) is 12.5. The van der Waals surface area contributed by atoms with Crippen molar-refractivity contribution in [2.24, 2.45) is 5.92 Å². The smallest absolute Gasteiger partial charge is 0.313 e. The van der Waals surface area contributed by atoms with Crippen molar-refractivity contribution in [1.82, 2.24) is 0 Å². The van der Waals surface area contributed by atoms with E-state index in [1.165, 1.54) is 0 Å². The fourth-order valence-electron chi connectivity index (χ4n) is 4.88. The van der Waals surface area contributed by atoms with E-state index in [1.807, 2.05) is 72.8 Å². The van der Waals surface area contributed by atoms with Crippen LogP contribution in [0.3, 0.4) is 0 Å². The normalized spacial score (nSPS) is 12.8. The van der Waals surface area contributed by atoms with Crippen LogP contribution in [-0.2, 0) is 30.5 Å². The number of carbonyl (C=O) groups excluding carboxylic acids is 1. The van der Waals surface area contributed by atoms with E-state index in [2.05, 4.69) is 0 Å². The number of hydrogen-bond acceptors (Lipinski definition) is 5. The van der Waals surface area contributed by atoms with Gasteiger partial charge >= 0.3 is 5.97 Å². The minimum atomic E-state index is -0.340. The fourth-order valence-corrected chi connectivity index (χ4v) is 4.88. The van der Waals surface area contributed by atoms with Crippen LogP contribution < -0.4 is 4.74 Å². The third-order valence-electron chi connectivity index (χ3n) is 6.99. The molecular formula is C32H30O5. The van der Waals surface area contributed by atoms with Crippen LogP contribution in [0, 0.1) is 5.92 Å². The highest BCUT2D eigenvalue weighted by molar-refractivity contribution is 5.75. The summed E-state index contributed by atoms with van der Waals surface area (Å²) >= 11 is 0. The Kier molecular flexibility index (Phi) is 6.62. The lowest BCUT2D eigenvalue weighted by Crippen LogP contribution is -2.17. The number of para-hydroxylation sites is 4. The average molecular weight is 495 g/mol. The van der Waals surface area contributed by atoms with Gasteiger partial charge in [-0.05, 0) is 44.5 Å². The summed E-state index contributed by atoms with van der Waals surface area (Å²) in [5.74, 6) is 0.299. The number of aromatic hydroxyl groups is 3. The third-order valence-corrected chi connectivity index (χ3v) is 6.99. The Labute approximate surface area is 216 Å². The standard InChI is InChI=1S/C32H30O5/c1-19(2)32(36)37-31-26-13-6-14-27(31)18-25-12-5-10-23(30(25)35)16-21-8-3-7-20(28(21)33)15-22-9-4-11-24(17-26)29(22)34/h3-14,19,33-35H,15-18H2,1-2H3. The molecule has 5 rings (SSSR count). The Morgan fingerprint density at radius 3 is 1.14 bits per heavy atom. The van der Waals surface area contributed by atoms with Gasteiger partial charge in [-0.1, -0.05) is 86.6 Å². The second-order valence-corrected chi connectivity index (χ2v) is 9.96. The summed E-state index contributed by atoms with van der Waals surface area (Å²) in [4.78, 5) is 12.7. The molecule has 4 aromatic rings. The van der Waals surface area contributed by atoms with E-state index in [-0.39, 0.29) is 29.1 Å². The molecule has 0 aliphatic heterocycles. The molecule has 1 aliphatic carbocycles. The van der Waals surface area contributed by atoms with Crippen LogP contribution in [0.5, 0.6) is 23.0 Å². The molecule has 0 amide bonds. The van der Waals surface area contributed by atoms with E-state index in [9.17, 15) is 20.1 Å². The van der Waals surface area contributed by atoms with Crippen LogP contribution in [-0.4, -0.2) is 21.3 Å². The number of esters is 1. The maximum absolute atomic E-state index is 12.7. The summed E-state index contributed by atoms with van der Waals surface area (Å²) in [6, 6.07) is 22.5. The van der Waals surface area contributed by atoms with Crippen LogP contribution >= 0.6 is 0 Å². The first-order valence-electron chi connectivity index (χ1n) is 12.5. The van der Waals surface area contributed by atoms with Crippen LogP contribution in [0.1, 0.15) is 58.4 Å². The van der Waals surface area contributed by atoms with Crippen LogP contribution in [0.4, 0.5) is 0 Å². The highest BCUT2D eigenvalue weighted by Gasteiger charge is 2.21. The molecule has 0 saturated heterocycles. The van der Waals surface area contributed by atoms with Gasteiger partial charge in [0.15, 0.2) is 0 Å². The predicted molar refractivity (Wildman–Crippen MR) is 142 cm³/mol. The Hall–Kier alpha value is -4.25. The molecule has 8 bridgehead atoms. The Morgan fingerprint density at radius 1 is 0.568 bits per heavy atom. The minimum Gasteiger partial charge on any atom is -0.507 e. The van der Waals surface area contributed by atoms with E-state index in [0.29, 0.717) is 64.8 Å². The van der Waals surface area contributed by atoms with Crippen molar-refractivity contribution in [1.29, 1.82) is 0 Å². The summed E-state index contributed by atoms with van der Waals surface area (Å²) in [5.41, 5.74) is 5.71. The molecule has 0 unspecified atom stereocenters. The molecule has 188 valence electrons. The van der Waals surface area contributed by atoms with Gasteiger partial charge in [0, 0.05) is 25.7 Å². The number of ether oxygens (including phenoxy) is 1. The molecule has 3 N–H and O–H groups in total. The number of phenols is 3. The third kappa shape index (κ3) is 4.90. The average Bonchev–Trinajstić information content (AvgIpc) is 2.87. The van der Waals surface area contributed by atoms with E-state index < -0.39 is 0 Å². The van der Waals surface area contributed by atoms with Crippen molar-refractivity contribution in [2.45, 2.75) is 39.5 Å². The van der Waals surface area contributed by atoms with Gasteiger partial charge in [-0.25, -0.2) is 0 Å². The Morgan fingerprint density at radius 2 is 0.838 bits per heavy atom. The van der Waals surface area contributed by atoms with Gasteiger partial charge in [0.05, 0.1) is 5.92 Å². The number of phenolic OH excluding ortho intramolecular Hbond substituents is 3. The highest BCUT2D eigenvalue weighted by atomic mass is 16.5. The molecule has 0 heterocycles. The lowest BCUT2D eigenvalue weighted by molar-refractivity contribution is -0.137. The van der Waals surface area contributed by atoms with Gasteiger partial charge in [-0.15, -0.1) is 0 Å². The molecule has 37 heavy (non-hydrogen) atoms. The maximum atomic E-state index is 12.7. The first-order chi connectivity index (χ1) is 17.8. The fraction of sp³-hybridized carbons (Fsp3) is 0.219. The SMILES string of the molecule is CC(C)C(=O)Oc1c2cccc1Cc1cccc(c1O)Cc1cccc(c1O)Cc1cccc(c1O)C2. The molecule has 0 atom stereocenters. The van der Waals surface area contributed by atoms with Crippen molar-refractivity contribution in [3.63, 3.8) is 0 Å². The minimum absolute atomic E-state index is 0.161. The largest absolute Gasteiger partial charge is 0.507 e. The topological polar surface area (TPSA) is 87.0 Å². The molecule has 5 nitrogen and oxygen atoms in total. The Bertz CT molecular complexity index is 1390. The second-order valence-electron chi connectivity index (χ2n) is 9.96. The monoisotopic (exact) mass is 494 g/mol. The number of rotatable bonds is 2. The molecular weight excluding hydrogens is 464 g/mol. The summed E-state index contributed by atoms with van der Waals surface area (Å²) < 4.78 is 5.92. The number of hydrogen-bond donors (Lipinski definition) is 3. The lowest BCUT2D eigenvalue weighted by atomic mass is 9.91. The van der Waals surface area contributed by atoms with Crippen molar-refractivity contribution in [3.05, 3.63) is 117 Å². The highest BCUT2D eigenvalue weighted by Crippen LogP contribution is 2.37. The van der Waals surface area contributed by atoms with Gasteiger partial charge in [0.1, 0.15) is 23.0 Å². The maximum Gasteiger partial charge on any atom is 0.313 e. The van der Waals surface area contributed by atoms with E-state index in [4.69, 9.17) is 4.74 Å². The first kappa shape index (κ1) is 24.4. The molecule has 4 aromatic carbocycles. The van der Waals surface area contributed by atoms with Gasteiger partial charge in [-0.2, -0.15) is 0 Å². The van der Waals surface area contributed by atoms with Crippen molar-refractivity contribution >= 4 is 5.97 Å². The second kappa shape index (κ2) is 10.0. The lowest BCUT2D eigenvalue weighted by Gasteiger charge is -2.19. The quantitative estimate of drug-likeness (QED) is 0.206. The summed E-state index contributed by atoms with van der Waals surface area (Å²) in [7, 11) is 0. The zero-order valence-electron chi connectivity index (χ0n) is 21.0. The van der Waals surface area contributed by atoms with Crippen molar-refractivity contribution < 1.29 is 24.9 Å². The number of benzene rings is 4. The summed E-state index contributed by atoms with van der Waals surface area (Å²) in [5, 5.41) is 33.4. The van der Waals surface area contributed by atoms with Gasteiger partial charge in [-0.3, -0.25) is 4.79 Å². The molecule has 5 heteroatoms. The zero-order chi connectivity index (χ0) is 26.1. The van der Waals surface area contributed by atoms with Crippen molar-refractivity contribution in [2.75, 3.05) is 0 Å². The number of fused-ring (bicyclic) bond motifs is 8. The van der Waals surface area contributed by atoms with Crippen LogP contribution in [0.15, 0.2) is 72.8 Å². The van der Waals surface area contributed by atoms with Crippen molar-refractivity contribution in [3.8, 4) is 23.0 Å². The molecule has 0 spiro atoms. The van der Waals surface area contributed by atoms with Crippen LogP contribution in [0.2, 0.25) is 0 Å². The van der Waals surface area contributed by atoms with Gasteiger partial charge in [0.2, 0.25) is 0 Å². The molecule has 1 aliphatic rings. The van der Waals surface area contributed by atoms with E-state index in [1.54, 1.807) is 13.8 Å². The van der Waals surface area contributed by atoms with Crippen LogP contribution in [0.25, 0.3) is 0 Å². The zero-order valence-corrected chi connectivity index (χ0v) is 21.0. The summed E-state index contributed by atoms with van der Waals surface area (Å²) in [6.07, 6.45) is 1.40. The summed E-state index contributed by atoms with van der Waals surface area (Å²) in [6.45, 7) is 3.58. The molecule has 0 saturated carbocycles.